The van der Waals surface area contributed by atoms with Crippen molar-refractivity contribution >= 4 is 21.9 Å². The number of carbonyl (C=O) groups is 2. The molecule has 1 amide bonds. The van der Waals surface area contributed by atoms with E-state index in [1.54, 1.807) is 0 Å². The van der Waals surface area contributed by atoms with Gasteiger partial charge in [-0.2, -0.15) is 4.31 Å². The number of benzene rings is 1. The van der Waals surface area contributed by atoms with Gasteiger partial charge in [0.1, 0.15) is 6.04 Å². The van der Waals surface area contributed by atoms with Gasteiger partial charge < -0.3 is 10.4 Å². The highest BCUT2D eigenvalue weighted by Gasteiger charge is 2.26. The van der Waals surface area contributed by atoms with Crippen molar-refractivity contribution in [2.45, 2.75) is 37.1 Å². The lowest BCUT2D eigenvalue weighted by atomic mass is 10.2. The summed E-state index contributed by atoms with van der Waals surface area (Å²) < 4.78 is 26.4. The predicted octanol–water partition coefficient (Wildman–Crippen LogP) is 1.06. The van der Waals surface area contributed by atoms with Gasteiger partial charge in [0.05, 0.1) is 4.90 Å². The number of aliphatic carboxylic acids is 1. The number of hydrogen-bond acceptors (Lipinski definition) is 4. The third-order valence-electron chi connectivity index (χ3n) is 3.79. The highest BCUT2D eigenvalue weighted by molar-refractivity contribution is 7.89. The summed E-state index contributed by atoms with van der Waals surface area (Å²) in [4.78, 5) is 22.8. The lowest BCUT2D eigenvalue weighted by molar-refractivity contribution is -0.138. The number of rotatable bonds is 5. The van der Waals surface area contributed by atoms with Crippen LogP contribution in [0.4, 0.5) is 0 Å². The van der Waals surface area contributed by atoms with Crippen LogP contribution in [0.25, 0.3) is 0 Å². The van der Waals surface area contributed by atoms with Gasteiger partial charge in [0.2, 0.25) is 10.0 Å². The Bertz CT molecular complexity index is 678. The molecule has 0 unspecified atom stereocenters. The van der Waals surface area contributed by atoms with Gasteiger partial charge >= 0.3 is 5.97 Å². The fourth-order valence-electron chi connectivity index (χ4n) is 2.37. The van der Waals surface area contributed by atoms with Gasteiger partial charge in [-0.25, -0.2) is 8.42 Å². The number of sulfonamides is 1. The molecule has 0 radical (unpaired) electrons. The molecule has 2 N–H and O–H groups in total. The van der Waals surface area contributed by atoms with Crippen molar-refractivity contribution in [3.63, 3.8) is 0 Å². The number of carboxylic acids is 1. The molecule has 1 fully saturated rings. The molecule has 1 aromatic rings. The molecule has 1 heterocycles. The van der Waals surface area contributed by atoms with Crippen LogP contribution in [-0.4, -0.2) is 48.8 Å². The van der Waals surface area contributed by atoms with Crippen molar-refractivity contribution in [1.29, 1.82) is 0 Å². The average molecular weight is 340 g/mol. The van der Waals surface area contributed by atoms with Crippen molar-refractivity contribution in [2.75, 3.05) is 13.1 Å². The summed E-state index contributed by atoms with van der Waals surface area (Å²) in [7, 11) is -3.53. The third-order valence-corrected chi connectivity index (χ3v) is 5.70. The molecule has 1 saturated heterocycles. The molecule has 7 nitrogen and oxygen atoms in total. The van der Waals surface area contributed by atoms with E-state index in [4.69, 9.17) is 5.11 Å². The van der Waals surface area contributed by atoms with Gasteiger partial charge in [-0.05, 0) is 44.0 Å². The number of nitrogens with zero attached hydrogens (tertiary/aromatic N) is 1. The van der Waals surface area contributed by atoms with Crippen LogP contribution in [0, 0.1) is 0 Å². The fraction of sp³-hybridized carbons (Fsp3) is 0.467. The lowest BCUT2D eigenvalue weighted by Crippen LogP contribution is -2.38. The van der Waals surface area contributed by atoms with Gasteiger partial charge in [0.15, 0.2) is 0 Å². The average Bonchev–Trinajstić information content (AvgIpc) is 2.55. The Balaban J connectivity index is 2.12. The number of hydrogen-bond donors (Lipinski definition) is 2. The van der Waals surface area contributed by atoms with Gasteiger partial charge in [-0.3, -0.25) is 9.59 Å². The zero-order valence-electron chi connectivity index (χ0n) is 12.9. The minimum Gasteiger partial charge on any atom is -0.480 e. The van der Waals surface area contributed by atoms with Crippen molar-refractivity contribution in [1.82, 2.24) is 9.62 Å². The number of piperidine rings is 1. The van der Waals surface area contributed by atoms with Crippen LogP contribution in [0.1, 0.15) is 36.5 Å². The molecule has 1 aliphatic rings. The van der Waals surface area contributed by atoms with Gasteiger partial charge in [0, 0.05) is 18.7 Å². The molecule has 0 spiro atoms. The van der Waals surface area contributed by atoms with Crippen LogP contribution in [0.3, 0.4) is 0 Å². The summed E-state index contributed by atoms with van der Waals surface area (Å²) in [5.41, 5.74) is 0.218. The Hall–Kier alpha value is -1.93. The molecule has 126 valence electrons. The van der Waals surface area contributed by atoms with Crippen LogP contribution in [0.2, 0.25) is 0 Å². The van der Waals surface area contributed by atoms with Crippen LogP contribution >= 0.6 is 0 Å². The number of nitrogens with one attached hydrogen (secondary N) is 1. The number of carbonyl (C=O) groups excluding carboxylic acids is 1. The third kappa shape index (κ3) is 4.08. The summed E-state index contributed by atoms with van der Waals surface area (Å²) in [6, 6.07) is 4.52. The summed E-state index contributed by atoms with van der Waals surface area (Å²) >= 11 is 0. The molecule has 1 aliphatic heterocycles. The van der Waals surface area contributed by atoms with Crippen molar-refractivity contribution in [3.8, 4) is 0 Å². The van der Waals surface area contributed by atoms with E-state index < -0.39 is 27.9 Å². The van der Waals surface area contributed by atoms with E-state index in [0.717, 1.165) is 19.3 Å². The zero-order chi connectivity index (χ0) is 17.0. The van der Waals surface area contributed by atoms with Crippen molar-refractivity contribution < 1.29 is 23.1 Å². The monoisotopic (exact) mass is 340 g/mol. The second kappa shape index (κ2) is 7.10. The van der Waals surface area contributed by atoms with E-state index in [0.29, 0.717) is 13.1 Å². The van der Waals surface area contributed by atoms with Crippen molar-refractivity contribution in [3.05, 3.63) is 29.8 Å². The first kappa shape index (κ1) is 17.4. The molecular formula is C15H20N2O5S. The standard InChI is InChI=1S/C15H20N2O5S/c1-11(15(19)20)16-14(18)12-5-7-13(8-6-12)23(21,22)17-9-3-2-4-10-17/h5-8,11H,2-4,9-10H2,1H3,(H,16,18)(H,19,20)/t11-/m1/s1. The highest BCUT2D eigenvalue weighted by atomic mass is 32.2. The van der Waals surface area contributed by atoms with Crippen LogP contribution in [-0.2, 0) is 14.8 Å². The Morgan fingerprint density at radius 3 is 2.22 bits per heavy atom. The molecule has 8 heteroatoms. The maximum Gasteiger partial charge on any atom is 0.325 e. The highest BCUT2D eigenvalue weighted by Crippen LogP contribution is 2.20. The molecule has 0 bridgehead atoms. The normalized spacial score (nSPS) is 17.4. The van der Waals surface area contributed by atoms with E-state index >= 15 is 0 Å². The van der Waals surface area contributed by atoms with E-state index in [1.807, 2.05) is 0 Å². The zero-order valence-corrected chi connectivity index (χ0v) is 13.7. The maximum absolute atomic E-state index is 12.5. The number of amides is 1. The maximum atomic E-state index is 12.5. The minimum absolute atomic E-state index is 0.141. The second-order valence-corrected chi connectivity index (χ2v) is 7.46. The smallest absolute Gasteiger partial charge is 0.325 e. The van der Waals surface area contributed by atoms with Gasteiger partial charge in [-0.15, -0.1) is 0 Å². The molecule has 1 aromatic carbocycles. The summed E-state index contributed by atoms with van der Waals surface area (Å²) in [6.45, 7) is 2.39. The summed E-state index contributed by atoms with van der Waals surface area (Å²) in [6.07, 6.45) is 2.74. The van der Waals surface area contributed by atoms with E-state index in [2.05, 4.69) is 5.32 Å². The van der Waals surface area contributed by atoms with Crippen LogP contribution < -0.4 is 5.32 Å². The first-order chi connectivity index (χ1) is 10.8. The Morgan fingerprint density at radius 1 is 1.13 bits per heavy atom. The molecule has 23 heavy (non-hydrogen) atoms. The largest absolute Gasteiger partial charge is 0.480 e. The van der Waals surface area contributed by atoms with Gasteiger partial charge in [0.25, 0.3) is 5.91 Å². The summed E-state index contributed by atoms with van der Waals surface area (Å²) in [5, 5.41) is 11.1. The second-order valence-electron chi connectivity index (χ2n) is 5.52. The molecule has 0 saturated carbocycles. The van der Waals surface area contributed by atoms with Crippen LogP contribution in [0.5, 0.6) is 0 Å². The SMILES string of the molecule is C[C@@H](NC(=O)c1ccc(S(=O)(=O)N2CCCCC2)cc1)C(=O)O. The first-order valence-electron chi connectivity index (χ1n) is 7.46. The van der Waals surface area contributed by atoms with E-state index in [9.17, 15) is 18.0 Å². The molecule has 0 aliphatic carbocycles. The Kier molecular flexibility index (Phi) is 5.38. The fourth-order valence-corrected chi connectivity index (χ4v) is 3.89. The molecule has 0 aromatic heterocycles. The summed E-state index contributed by atoms with van der Waals surface area (Å²) in [5.74, 6) is -1.69. The quantitative estimate of drug-likeness (QED) is 0.834. The van der Waals surface area contributed by atoms with E-state index in [-0.39, 0.29) is 10.5 Å². The first-order valence-corrected chi connectivity index (χ1v) is 8.90. The minimum atomic E-state index is -3.53. The van der Waals surface area contributed by atoms with Crippen molar-refractivity contribution in [2.24, 2.45) is 0 Å². The lowest BCUT2D eigenvalue weighted by Gasteiger charge is -2.25. The Morgan fingerprint density at radius 2 is 1.70 bits per heavy atom. The molecule has 2 rings (SSSR count). The topological polar surface area (TPSA) is 104 Å². The Labute approximate surface area is 135 Å². The van der Waals surface area contributed by atoms with Gasteiger partial charge in [-0.1, -0.05) is 6.42 Å². The van der Waals surface area contributed by atoms with E-state index in [1.165, 1.54) is 35.5 Å². The molecular weight excluding hydrogens is 320 g/mol. The van der Waals surface area contributed by atoms with Crippen LogP contribution in [0.15, 0.2) is 29.2 Å². The number of carboxylic acid groups (broad SMARTS) is 1. The predicted molar refractivity (Wildman–Crippen MR) is 83.6 cm³/mol. The molecule has 1 atom stereocenters.